The average molecular weight is 521 g/mol. The van der Waals surface area contributed by atoms with Crippen molar-refractivity contribution in [3.8, 4) is 0 Å². The maximum absolute atomic E-state index is 13.8. The third kappa shape index (κ3) is 7.29. The van der Waals surface area contributed by atoms with E-state index in [4.69, 9.17) is 0 Å². The zero-order valence-corrected chi connectivity index (χ0v) is 21.5. The van der Waals surface area contributed by atoms with Crippen molar-refractivity contribution in [3.63, 3.8) is 0 Å². The zero-order valence-electron chi connectivity index (χ0n) is 19.9. The Bertz CT molecular complexity index is 999. The van der Waals surface area contributed by atoms with Crippen LogP contribution in [0.4, 0.5) is 0 Å². The summed E-state index contributed by atoms with van der Waals surface area (Å²) in [4.78, 5) is 28.4. The largest absolute Gasteiger partial charge is 0.354 e. The summed E-state index contributed by atoms with van der Waals surface area (Å²) in [5.41, 5.74) is 3.16. The summed E-state index contributed by atoms with van der Waals surface area (Å²) in [6.45, 7) is 4.91. The lowest BCUT2D eigenvalue weighted by molar-refractivity contribution is -0.140. The Morgan fingerprint density at radius 3 is 1.97 bits per heavy atom. The van der Waals surface area contributed by atoms with Crippen molar-refractivity contribution in [3.05, 3.63) is 106 Å². The lowest BCUT2D eigenvalue weighted by Gasteiger charge is -2.30. The van der Waals surface area contributed by atoms with Crippen LogP contribution in [0.15, 0.2) is 89.4 Å². The lowest BCUT2D eigenvalue weighted by Crippen LogP contribution is -2.48. The first kappa shape index (κ1) is 25.7. The van der Waals surface area contributed by atoms with Crippen LogP contribution in [0.2, 0.25) is 0 Å². The first-order valence-electron chi connectivity index (χ1n) is 11.9. The van der Waals surface area contributed by atoms with Gasteiger partial charge < -0.3 is 10.2 Å². The van der Waals surface area contributed by atoms with Gasteiger partial charge in [-0.1, -0.05) is 102 Å². The van der Waals surface area contributed by atoms with Crippen LogP contribution < -0.4 is 5.32 Å². The fourth-order valence-corrected chi connectivity index (χ4v) is 4.26. The molecule has 0 aliphatic carbocycles. The summed E-state index contributed by atoms with van der Waals surface area (Å²) >= 11 is 3.47. The number of carbonyl (C=O) groups excluding carboxylic acids is 2. The fourth-order valence-electron chi connectivity index (χ4n) is 4.00. The van der Waals surface area contributed by atoms with E-state index in [2.05, 4.69) is 52.4 Å². The highest BCUT2D eigenvalue weighted by Crippen LogP contribution is 2.29. The smallest absolute Gasteiger partial charge is 0.242 e. The SMILES string of the molecule is CCCCNC(=O)[C@@H](C)N(Cc1ccc(Br)cc1)C(=O)CC(c1ccccc1)c1ccccc1. The molecule has 178 valence electrons. The molecule has 3 aromatic rings. The Kier molecular flexibility index (Phi) is 9.89. The average Bonchev–Trinajstić information content (AvgIpc) is 2.87. The number of carbonyl (C=O) groups is 2. The first-order chi connectivity index (χ1) is 16.5. The van der Waals surface area contributed by atoms with E-state index in [9.17, 15) is 9.59 Å². The van der Waals surface area contributed by atoms with Gasteiger partial charge in [-0.15, -0.1) is 0 Å². The van der Waals surface area contributed by atoms with E-state index in [1.807, 2.05) is 67.6 Å². The summed E-state index contributed by atoms with van der Waals surface area (Å²) in [5, 5.41) is 2.99. The van der Waals surface area contributed by atoms with Gasteiger partial charge >= 0.3 is 0 Å². The molecule has 2 amide bonds. The molecule has 1 atom stereocenters. The van der Waals surface area contributed by atoms with Crippen LogP contribution in [0.1, 0.15) is 55.7 Å². The van der Waals surface area contributed by atoms with Gasteiger partial charge in [0.1, 0.15) is 6.04 Å². The molecule has 0 aliphatic rings. The molecule has 3 rings (SSSR count). The fraction of sp³-hybridized carbons (Fsp3) is 0.310. The van der Waals surface area contributed by atoms with Crippen molar-refractivity contribution in [1.82, 2.24) is 10.2 Å². The summed E-state index contributed by atoms with van der Waals surface area (Å²) in [7, 11) is 0. The number of nitrogens with zero attached hydrogens (tertiary/aromatic N) is 1. The Hall–Kier alpha value is -2.92. The Balaban J connectivity index is 1.87. The third-order valence-corrected chi connectivity index (χ3v) is 6.57. The molecule has 0 bridgehead atoms. The zero-order chi connectivity index (χ0) is 24.3. The van der Waals surface area contributed by atoms with Crippen LogP contribution in [-0.4, -0.2) is 29.3 Å². The predicted octanol–water partition coefficient (Wildman–Crippen LogP) is 6.30. The van der Waals surface area contributed by atoms with Crippen LogP contribution in [0, 0.1) is 0 Å². The second-order valence-corrected chi connectivity index (χ2v) is 9.46. The number of halogens is 1. The molecule has 1 N–H and O–H groups in total. The molecule has 34 heavy (non-hydrogen) atoms. The standard InChI is InChI=1S/C29H33BrN2O2/c1-3-4-19-31-29(34)22(2)32(21-23-15-17-26(30)18-16-23)28(33)20-27(24-11-7-5-8-12-24)25-13-9-6-10-14-25/h5-18,22,27H,3-4,19-21H2,1-2H3,(H,31,34)/t22-/m1/s1. The van der Waals surface area contributed by atoms with E-state index in [0.717, 1.165) is 34.0 Å². The van der Waals surface area contributed by atoms with Gasteiger partial charge in [0.25, 0.3) is 0 Å². The third-order valence-electron chi connectivity index (χ3n) is 6.05. The molecule has 0 aromatic heterocycles. The van der Waals surface area contributed by atoms with Crippen molar-refractivity contribution in [1.29, 1.82) is 0 Å². The molecular formula is C29H33BrN2O2. The maximum atomic E-state index is 13.8. The van der Waals surface area contributed by atoms with Crippen molar-refractivity contribution in [2.24, 2.45) is 0 Å². The highest BCUT2D eigenvalue weighted by molar-refractivity contribution is 9.10. The van der Waals surface area contributed by atoms with E-state index in [1.54, 1.807) is 4.90 Å². The number of hydrogen-bond donors (Lipinski definition) is 1. The number of amides is 2. The lowest BCUT2D eigenvalue weighted by atomic mass is 9.88. The van der Waals surface area contributed by atoms with Crippen molar-refractivity contribution in [2.45, 2.75) is 51.6 Å². The Morgan fingerprint density at radius 2 is 1.44 bits per heavy atom. The van der Waals surface area contributed by atoms with Gasteiger partial charge in [0.05, 0.1) is 0 Å². The highest BCUT2D eigenvalue weighted by Gasteiger charge is 2.28. The minimum atomic E-state index is -0.569. The van der Waals surface area contributed by atoms with Gasteiger partial charge in [-0.2, -0.15) is 0 Å². The summed E-state index contributed by atoms with van der Waals surface area (Å²) in [6.07, 6.45) is 2.21. The van der Waals surface area contributed by atoms with Crippen molar-refractivity contribution in [2.75, 3.05) is 6.54 Å². The van der Waals surface area contributed by atoms with Crippen molar-refractivity contribution >= 4 is 27.7 Å². The van der Waals surface area contributed by atoms with Gasteiger partial charge in [-0.3, -0.25) is 9.59 Å². The van der Waals surface area contributed by atoms with Gasteiger partial charge in [-0.05, 0) is 42.2 Å². The molecule has 0 saturated heterocycles. The second kappa shape index (κ2) is 13.1. The van der Waals surface area contributed by atoms with Gasteiger partial charge in [0, 0.05) is 29.9 Å². The molecule has 0 aliphatic heterocycles. The molecule has 4 nitrogen and oxygen atoms in total. The van der Waals surface area contributed by atoms with Crippen LogP contribution in [0.5, 0.6) is 0 Å². The minimum Gasteiger partial charge on any atom is -0.354 e. The molecule has 0 saturated carbocycles. The van der Waals surface area contributed by atoms with Crippen LogP contribution >= 0.6 is 15.9 Å². The number of nitrogens with one attached hydrogen (secondary N) is 1. The number of rotatable bonds is 11. The number of hydrogen-bond acceptors (Lipinski definition) is 2. The van der Waals surface area contributed by atoms with Gasteiger partial charge in [0.2, 0.25) is 11.8 Å². The molecule has 0 fully saturated rings. The topological polar surface area (TPSA) is 49.4 Å². The van der Waals surface area contributed by atoms with Gasteiger partial charge in [0.15, 0.2) is 0 Å². The van der Waals surface area contributed by atoms with E-state index in [1.165, 1.54) is 0 Å². The molecule has 0 radical (unpaired) electrons. The highest BCUT2D eigenvalue weighted by atomic mass is 79.9. The van der Waals surface area contributed by atoms with E-state index < -0.39 is 6.04 Å². The van der Waals surface area contributed by atoms with Crippen LogP contribution in [-0.2, 0) is 16.1 Å². The molecule has 0 unspecified atom stereocenters. The molecule has 3 aromatic carbocycles. The van der Waals surface area contributed by atoms with Crippen LogP contribution in [0.3, 0.4) is 0 Å². The normalized spacial score (nSPS) is 11.8. The molecular weight excluding hydrogens is 488 g/mol. The molecule has 0 heterocycles. The molecule has 0 spiro atoms. The van der Waals surface area contributed by atoms with Gasteiger partial charge in [-0.25, -0.2) is 0 Å². The van der Waals surface area contributed by atoms with E-state index >= 15 is 0 Å². The monoisotopic (exact) mass is 520 g/mol. The van der Waals surface area contributed by atoms with E-state index in [-0.39, 0.29) is 24.2 Å². The van der Waals surface area contributed by atoms with E-state index in [0.29, 0.717) is 13.1 Å². The maximum Gasteiger partial charge on any atom is 0.242 e. The summed E-state index contributed by atoms with van der Waals surface area (Å²) in [5.74, 6) is -0.244. The number of benzene rings is 3. The quantitative estimate of drug-likeness (QED) is 0.301. The second-order valence-electron chi connectivity index (χ2n) is 8.55. The predicted molar refractivity (Wildman–Crippen MR) is 141 cm³/mol. The number of unbranched alkanes of at least 4 members (excludes halogenated alkanes) is 1. The first-order valence-corrected chi connectivity index (χ1v) is 12.7. The minimum absolute atomic E-state index is 0.0428. The van der Waals surface area contributed by atoms with Crippen molar-refractivity contribution < 1.29 is 9.59 Å². The summed E-state index contributed by atoms with van der Waals surface area (Å²) in [6, 6.07) is 27.5. The Labute approximate surface area is 211 Å². The van der Waals surface area contributed by atoms with Crippen LogP contribution in [0.25, 0.3) is 0 Å². The molecule has 5 heteroatoms. The summed E-state index contributed by atoms with van der Waals surface area (Å²) < 4.78 is 0.979. The Morgan fingerprint density at radius 1 is 0.882 bits per heavy atom.